The van der Waals surface area contributed by atoms with Crippen LogP contribution in [0.4, 0.5) is 0 Å². The van der Waals surface area contributed by atoms with Crippen molar-refractivity contribution in [2.24, 2.45) is 5.73 Å². The molecule has 1 aromatic rings. The predicted octanol–water partition coefficient (Wildman–Crippen LogP) is 0.744. The van der Waals surface area contributed by atoms with Crippen molar-refractivity contribution in [1.82, 2.24) is 10.1 Å². The van der Waals surface area contributed by atoms with Crippen molar-refractivity contribution in [3.05, 3.63) is 17.5 Å². The molecule has 1 aromatic heterocycles. The van der Waals surface area contributed by atoms with E-state index in [1.165, 1.54) is 6.42 Å². The van der Waals surface area contributed by atoms with E-state index >= 15 is 0 Å². The van der Waals surface area contributed by atoms with Gasteiger partial charge < -0.3 is 15.0 Å². The van der Waals surface area contributed by atoms with Crippen molar-refractivity contribution in [1.29, 1.82) is 0 Å². The molecule has 1 aliphatic heterocycles. The number of hydrogen-bond donors (Lipinski definition) is 1. The van der Waals surface area contributed by atoms with E-state index in [2.05, 4.69) is 17.1 Å². The maximum atomic E-state index is 5.58. The number of ether oxygens (including phenoxy) is 1. The van der Waals surface area contributed by atoms with Gasteiger partial charge in [0.2, 0.25) is 0 Å². The van der Waals surface area contributed by atoms with Crippen LogP contribution in [0.1, 0.15) is 24.3 Å². The molecule has 1 saturated heterocycles. The van der Waals surface area contributed by atoms with E-state index in [-0.39, 0.29) is 0 Å². The summed E-state index contributed by atoms with van der Waals surface area (Å²) in [7, 11) is 2.06. The fraction of sp³-hybridized carbons (Fsp3) is 0.727. The Hall–Kier alpha value is -0.910. The van der Waals surface area contributed by atoms with E-state index in [4.69, 9.17) is 15.0 Å². The Labute approximate surface area is 95.5 Å². The summed E-state index contributed by atoms with van der Waals surface area (Å²) >= 11 is 0. The van der Waals surface area contributed by atoms with Gasteiger partial charge in [-0.1, -0.05) is 5.16 Å². The first-order valence-corrected chi connectivity index (χ1v) is 5.72. The summed E-state index contributed by atoms with van der Waals surface area (Å²) in [4.78, 5) is 2.19. The van der Waals surface area contributed by atoms with Crippen LogP contribution in [0, 0.1) is 0 Å². The van der Waals surface area contributed by atoms with Gasteiger partial charge in [-0.25, -0.2) is 0 Å². The SMILES string of the molecule is CN(Cc1cc(CN)no1)CC1CCCO1. The van der Waals surface area contributed by atoms with Gasteiger partial charge >= 0.3 is 0 Å². The second-order valence-corrected chi connectivity index (χ2v) is 4.32. The molecule has 0 aromatic carbocycles. The minimum atomic E-state index is 0.377. The number of nitrogens with two attached hydrogens (primary N) is 1. The summed E-state index contributed by atoms with van der Waals surface area (Å²) < 4.78 is 10.8. The van der Waals surface area contributed by atoms with Crippen molar-refractivity contribution in [3.8, 4) is 0 Å². The minimum absolute atomic E-state index is 0.377. The fourth-order valence-corrected chi connectivity index (χ4v) is 1.99. The van der Waals surface area contributed by atoms with Crippen LogP contribution in [-0.2, 0) is 17.8 Å². The summed E-state index contributed by atoms with van der Waals surface area (Å²) in [6.07, 6.45) is 2.72. The van der Waals surface area contributed by atoms with Crippen molar-refractivity contribution in [2.45, 2.75) is 32.0 Å². The Balaban J connectivity index is 1.79. The Morgan fingerprint density at radius 2 is 2.50 bits per heavy atom. The lowest BCUT2D eigenvalue weighted by Crippen LogP contribution is -2.28. The van der Waals surface area contributed by atoms with E-state index in [9.17, 15) is 0 Å². The molecule has 1 atom stereocenters. The van der Waals surface area contributed by atoms with Gasteiger partial charge in [0.05, 0.1) is 18.3 Å². The third-order valence-corrected chi connectivity index (χ3v) is 2.78. The smallest absolute Gasteiger partial charge is 0.151 e. The Morgan fingerprint density at radius 3 is 3.12 bits per heavy atom. The molecule has 90 valence electrons. The summed E-state index contributed by atoms with van der Waals surface area (Å²) in [5, 5.41) is 3.86. The number of likely N-dealkylation sites (N-methyl/N-ethyl adjacent to an activating group) is 1. The van der Waals surface area contributed by atoms with Gasteiger partial charge in [0.25, 0.3) is 0 Å². The second-order valence-electron chi connectivity index (χ2n) is 4.32. The summed E-state index contributed by atoms with van der Waals surface area (Å²) in [6.45, 7) is 3.03. The lowest BCUT2D eigenvalue weighted by Gasteiger charge is -2.18. The van der Waals surface area contributed by atoms with Crippen LogP contribution in [0.25, 0.3) is 0 Å². The van der Waals surface area contributed by atoms with Crippen molar-refractivity contribution < 1.29 is 9.26 Å². The zero-order valence-corrected chi connectivity index (χ0v) is 9.69. The van der Waals surface area contributed by atoms with Gasteiger partial charge in [-0.15, -0.1) is 0 Å². The molecule has 0 bridgehead atoms. The lowest BCUT2D eigenvalue weighted by molar-refractivity contribution is 0.0768. The maximum Gasteiger partial charge on any atom is 0.151 e. The van der Waals surface area contributed by atoms with E-state index in [1.54, 1.807) is 0 Å². The molecule has 0 spiro atoms. The number of aromatic nitrogens is 1. The summed E-state index contributed by atoms with van der Waals surface area (Å²) in [5.41, 5.74) is 6.28. The standard InChI is InChI=1S/C11H19N3O2/c1-14(7-10-3-2-4-15-10)8-11-5-9(6-12)13-16-11/h5,10H,2-4,6-8,12H2,1H3. The fourth-order valence-electron chi connectivity index (χ4n) is 1.99. The average Bonchev–Trinajstić information content (AvgIpc) is 2.89. The molecular formula is C11H19N3O2. The quantitative estimate of drug-likeness (QED) is 0.801. The lowest BCUT2D eigenvalue weighted by atomic mass is 10.2. The molecule has 1 unspecified atom stereocenters. The number of nitrogens with zero attached hydrogens (tertiary/aromatic N) is 2. The van der Waals surface area contributed by atoms with Crippen LogP contribution in [0.3, 0.4) is 0 Å². The highest BCUT2D eigenvalue weighted by atomic mass is 16.5. The molecule has 2 heterocycles. The zero-order chi connectivity index (χ0) is 11.4. The van der Waals surface area contributed by atoms with Gasteiger partial charge in [0.15, 0.2) is 5.76 Å². The Morgan fingerprint density at radius 1 is 1.62 bits per heavy atom. The molecular weight excluding hydrogens is 206 g/mol. The molecule has 1 aliphatic rings. The first-order valence-electron chi connectivity index (χ1n) is 5.72. The van der Waals surface area contributed by atoms with Crippen LogP contribution in [0.2, 0.25) is 0 Å². The van der Waals surface area contributed by atoms with Crippen LogP contribution in [0.5, 0.6) is 0 Å². The largest absolute Gasteiger partial charge is 0.377 e. The molecule has 2 rings (SSSR count). The predicted molar refractivity (Wildman–Crippen MR) is 59.7 cm³/mol. The van der Waals surface area contributed by atoms with E-state index < -0.39 is 0 Å². The Kier molecular flexibility index (Phi) is 3.93. The topological polar surface area (TPSA) is 64.5 Å². The molecule has 0 saturated carbocycles. The van der Waals surface area contributed by atoms with Gasteiger partial charge in [-0.05, 0) is 19.9 Å². The maximum absolute atomic E-state index is 5.58. The minimum Gasteiger partial charge on any atom is -0.377 e. The molecule has 0 radical (unpaired) electrons. The van der Waals surface area contributed by atoms with Crippen LogP contribution < -0.4 is 5.73 Å². The second kappa shape index (κ2) is 5.43. The van der Waals surface area contributed by atoms with Crippen molar-refractivity contribution >= 4 is 0 Å². The van der Waals surface area contributed by atoms with E-state index in [0.29, 0.717) is 12.6 Å². The molecule has 5 nitrogen and oxygen atoms in total. The molecule has 16 heavy (non-hydrogen) atoms. The highest BCUT2D eigenvalue weighted by molar-refractivity contribution is 5.04. The monoisotopic (exact) mass is 225 g/mol. The number of hydrogen-bond acceptors (Lipinski definition) is 5. The summed E-state index contributed by atoms with van der Waals surface area (Å²) in [6, 6.07) is 1.91. The van der Waals surface area contributed by atoms with Crippen molar-refractivity contribution in [2.75, 3.05) is 20.2 Å². The Bertz CT molecular complexity index is 321. The molecule has 2 N–H and O–H groups in total. The van der Waals surface area contributed by atoms with Gasteiger partial charge in [0, 0.05) is 25.8 Å². The van der Waals surface area contributed by atoms with Gasteiger partial charge in [-0.3, -0.25) is 4.90 Å². The molecule has 0 amide bonds. The van der Waals surface area contributed by atoms with Crippen molar-refractivity contribution in [3.63, 3.8) is 0 Å². The first-order chi connectivity index (χ1) is 7.78. The summed E-state index contributed by atoms with van der Waals surface area (Å²) in [5.74, 6) is 0.862. The first kappa shape index (κ1) is 11.6. The van der Waals surface area contributed by atoms with E-state index in [1.807, 2.05) is 6.07 Å². The molecule has 1 fully saturated rings. The zero-order valence-electron chi connectivity index (χ0n) is 9.69. The average molecular weight is 225 g/mol. The molecule has 5 heteroatoms. The van der Waals surface area contributed by atoms with Gasteiger partial charge in [-0.2, -0.15) is 0 Å². The van der Waals surface area contributed by atoms with Crippen LogP contribution in [-0.4, -0.2) is 36.4 Å². The highest BCUT2D eigenvalue weighted by Gasteiger charge is 2.18. The van der Waals surface area contributed by atoms with Gasteiger partial charge in [0.1, 0.15) is 0 Å². The number of rotatable bonds is 5. The molecule has 0 aliphatic carbocycles. The van der Waals surface area contributed by atoms with E-state index in [0.717, 1.165) is 37.6 Å². The highest BCUT2D eigenvalue weighted by Crippen LogP contribution is 2.14. The van der Waals surface area contributed by atoms with Crippen LogP contribution in [0.15, 0.2) is 10.6 Å². The normalized spacial score (nSPS) is 20.8. The van der Waals surface area contributed by atoms with Crippen LogP contribution >= 0.6 is 0 Å². The third kappa shape index (κ3) is 3.04. The third-order valence-electron chi connectivity index (χ3n) is 2.78.